The van der Waals surface area contributed by atoms with E-state index < -0.39 is 9.84 Å². The summed E-state index contributed by atoms with van der Waals surface area (Å²) >= 11 is 11.7. The Hall–Kier alpha value is -1.37. The van der Waals surface area contributed by atoms with Crippen LogP contribution < -0.4 is 5.32 Å². The number of para-hydroxylation sites is 1. The fourth-order valence-corrected chi connectivity index (χ4v) is 4.02. The molecule has 8 heteroatoms. The van der Waals surface area contributed by atoms with Gasteiger partial charge in [-0.05, 0) is 36.6 Å². The number of sulfone groups is 1. The Morgan fingerprint density at radius 2 is 1.90 bits per heavy atom. The van der Waals surface area contributed by atoms with Gasteiger partial charge in [0.05, 0.1) is 22.0 Å². The number of hydrogen-bond acceptors (Lipinski definition) is 5. The lowest BCUT2D eigenvalue weighted by Gasteiger charge is -2.12. The van der Waals surface area contributed by atoms with Crippen molar-refractivity contribution in [2.24, 2.45) is 0 Å². The third kappa shape index (κ3) is 2.97. The monoisotopic (exact) mass is 343 g/mol. The van der Waals surface area contributed by atoms with E-state index in [1.807, 2.05) is 0 Å². The van der Waals surface area contributed by atoms with Crippen LogP contribution in [0, 0.1) is 0 Å². The van der Waals surface area contributed by atoms with E-state index in [0.717, 1.165) is 0 Å². The van der Waals surface area contributed by atoms with Gasteiger partial charge in [0.1, 0.15) is 5.02 Å². The molecule has 0 amide bonds. The maximum Gasteiger partial charge on any atom is 0.224 e. The van der Waals surface area contributed by atoms with E-state index in [-0.39, 0.29) is 26.3 Å². The van der Waals surface area contributed by atoms with Gasteiger partial charge in [0, 0.05) is 0 Å². The number of hydrogen-bond donors (Lipinski definition) is 1. The summed E-state index contributed by atoms with van der Waals surface area (Å²) in [5.74, 6) is 0.273. The topological polar surface area (TPSA) is 72.0 Å². The van der Waals surface area contributed by atoms with Crippen molar-refractivity contribution in [3.05, 3.63) is 40.8 Å². The highest BCUT2D eigenvalue weighted by molar-refractivity contribution is 7.92. The van der Waals surface area contributed by atoms with E-state index in [9.17, 15) is 8.42 Å². The number of rotatable bonds is 4. The van der Waals surface area contributed by atoms with Crippen LogP contribution in [0.4, 0.5) is 11.5 Å². The van der Waals surface area contributed by atoms with Gasteiger partial charge >= 0.3 is 0 Å². The summed E-state index contributed by atoms with van der Waals surface area (Å²) in [6, 6.07) is 6.67. The lowest BCUT2D eigenvalue weighted by atomic mass is 10.3. The molecule has 0 aliphatic heterocycles. The van der Waals surface area contributed by atoms with E-state index in [1.165, 1.54) is 6.20 Å². The van der Waals surface area contributed by atoms with Crippen LogP contribution in [-0.4, -0.2) is 23.6 Å². The molecule has 1 N–H and O–H groups in total. The second-order valence-corrected chi connectivity index (χ2v) is 7.64. The molecule has 1 aromatic carbocycles. The smallest absolute Gasteiger partial charge is 0.224 e. The molecule has 0 spiro atoms. The number of benzene rings is 1. The van der Waals surface area contributed by atoms with E-state index in [2.05, 4.69) is 15.3 Å². The van der Waals surface area contributed by atoms with Crippen LogP contribution in [0.2, 0.25) is 10.3 Å². The number of anilines is 2. The van der Waals surface area contributed by atoms with Gasteiger partial charge in [0.2, 0.25) is 5.28 Å². The zero-order valence-corrected chi connectivity index (χ0v) is 13.1. The molecule has 0 radical (unpaired) electrons. The highest BCUT2D eigenvalue weighted by Gasteiger charge is 2.38. The predicted molar refractivity (Wildman–Crippen MR) is 82.0 cm³/mol. The molecule has 1 fully saturated rings. The number of aromatic nitrogens is 2. The molecule has 3 rings (SSSR count). The van der Waals surface area contributed by atoms with Crippen molar-refractivity contribution in [3.63, 3.8) is 0 Å². The summed E-state index contributed by atoms with van der Waals surface area (Å²) in [6.45, 7) is 0. The first-order chi connectivity index (χ1) is 9.98. The van der Waals surface area contributed by atoms with Gasteiger partial charge in [-0.1, -0.05) is 23.7 Å². The standard InChI is InChI=1S/C13H11Cl2N3O2S/c14-9-7-16-13(15)18-12(9)17-10-3-1-2-4-11(10)21(19,20)8-5-6-8/h1-4,7-8H,5-6H2,(H,16,17,18). The molecule has 21 heavy (non-hydrogen) atoms. The quantitative estimate of drug-likeness (QED) is 0.860. The zero-order chi connectivity index (χ0) is 15.0. The molecular weight excluding hydrogens is 333 g/mol. The maximum atomic E-state index is 12.4. The third-order valence-electron chi connectivity index (χ3n) is 3.12. The molecule has 5 nitrogen and oxygen atoms in total. The molecule has 1 aromatic heterocycles. The summed E-state index contributed by atoms with van der Waals surface area (Å²) in [7, 11) is -3.32. The lowest BCUT2D eigenvalue weighted by Crippen LogP contribution is -2.10. The molecule has 1 aliphatic carbocycles. The van der Waals surface area contributed by atoms with Gasteiger partial charge in [0.25, 0.3) is 0 Å². The summed E-state index contributed by atoms with van der Waals surface area (Å²) in [4.78, 5) is 7.97. The van der Waals surface area contributed by atoms with Gasteiger partial charge in [-0.3, -0.25) is 0 Å². The fourth-order valence-electron chi connectivity index (χ4n) is 1.94. The second kappa shape index (κ2) is 5.44. The Morgan fingerprint density at radius 1 is 1.19 bits per heavy atom. The van der Waals surface area contributed by atoms with E-state index in [0.29, 0.717) is 18.5 Å². The molecule has 2 aromatic rings. The second-order valence-electron chi connectivity index (χ2n) is 4.70. The summed E-state index contributed by atoms with van der Waals surface area (Å²) < 4.78 is 24.9. The van der Waals surface area contributed by atoms with Crippen molar-refractivity contribution >= 4 is 44.5 Å². The van der Waals surface area contributed by atoms with Crippen molar-refractivity contribution in [1.29, 1.82) is 0 Å². The van der Waals surface area contributed by atoms with Gasteiger partial charge < -0.3 is 5.32 Å². The van der Waals surface area contributed by atoms with Crippen molar-refractivity contribution in [2.75, 3.05) is 5.32 Å². The van der Waals surface area contributed by atoms with Crippen molar-refractivity contribution in [3.8, 4) is 0 Å². The molecule has 0 saturated heterocycles. The van der Waals surface area contributed by atoms with Crippen LogP contribution >= 0.6 is 23.2 Å². The molecule has 0 atom stereocenters. The van der Waals surface area contributed by atoms with Crippen LogP contribution in [0.3, 0.4) is 0 Å². The molecular formula is C13H11Cl2N3O2S. The van der Waals surface area contributed by atoms with Gasteiger partial charge in [-0.2, -0.15) is 4.98 Å². The van der Waals surface area contributed by atoms with Gasteiger partial charge in [0.15, 0.2) is 15.7 Å². The van der Waals surface area contributed by atoms with Gasteiger partial charge in [-0.25, -0.2) is 13.4 Å². The van der Waals surface area contributed by atoms with Crippen LogP contribution in [0.5, 0.6) is 0 Å². The Labute approximate surface area is 132 Å². The molecule has 0 unspecified atom stereocenters. The van der Waals surface area contributed by atoms with E-state index in [1.54, 1.807) is 24.3 Å². The fraction of sp³-hybridized carbons (Fsp3) is 0.231. The van der Waals surface area contributed by atoms with Crippen molar-refractivity contribution in [1.82, 2.24) is 9.97 Å². The molecule has 1 aliphatic rings. The highest BCUT2D eigenvalue weighted by atomic mass is 35.5. The van der Waals surface area contributed by atoms with Crippen LogP contribution in [0.15, 0.2) is 35.4 Å². The minimum absolute atomic E-state index is 0.0319. The number of halogens is 2. The number of nitrogens with zero attached hydrogens (tertiary/aromatic N) is 2. The zero-order valence-electron chi connectivity index (χ0n) is 10.8. The number of nitrogens with one attached hydrogen (secondary N) is 1. The van der Waals surface area contributed by atoms with Crippen LogP contribution in [-0.2, 0) is 9.84 Å². The Bertz CT molecular complexity index is 792. The summed E-state index contributed by atoms with van der Waals surface area (Å²) in [5.41, 5.74) is 0.432. The van der Waals surface area contributed by atoms with Crippen molar-refractivity contribution in [2.45, 2.75) is 23.0 Å². The third-order valence-corrected chi connectivity index (χ3v) is 5.90. The van der Waals surface area contributed by atoms with Crippen LogP contribution in [0.25, 0.3) is 0 Å². The summed E-state index contributed by atoms with van der Waals surface area (Å²) in [6.07, 6.45) is 2.77. The van der Waals surface area contributed by atoms with Gasteiger partial charge in [-0.15, -0.1) is 0 Å². The van der Waals surface area contributed by atoms with Crippen molar-refractivity contribution < 1.29 is 8.42 Å². The van der Waals surface area contributed by atoms with E-state index >= 15 is 0 Å². The Morgan fingerprint density at radius 3 is 2.62 bits per heavy atom. The minimum Gasteiger partial charge on any atom is -0.338 e. The summed E-state index contributed by atoms with van der Waals surface area (Å²) in [5, 5.41) is 2.93. The Balaban J connectivity index is 2.02. The predicted octanol–water partition coefficient (Wildman–Crippen LogP) is 3.46. The average molecular weight is 344 g/mol. The molecule has 0 bridgehead atoms. The first kappa shape index (κ1) is 14.6. The molecule has 1 saturated carbocycles. The minimum atomic E-state index is -3.32. The largest absolute Gasteiger partial charge is 0.338 e. The lowest BCUT2D eigenvalue weighted by molar-refractivity contribution is 0.595. The molecule has 110 valence electrons. The molecule has 1 heterocycles. The first-order valence-electron chi connectivity index (χ1n) is 6.26. The van der Waals surface area contributed by atoms with E-state index in [4.69, 9.17) is 23.2 Å². The highest BCUT2D eigenvalue weighted by Crippen LogP contribution is 2.37. The maximum absolute atomic E-state index is 12.4. The Kier molecular flexibility index (Phi) is 3.77. The normalized spacial score (nSPS) is 15.0. The average Bonchev–Trinajstić information content (AvgIpc) is 3.28. The van der Waals surface area contributed by atoms with Crippen LogP contribution in [0.1, 0.15) is 12.8 Å². The SMILES string of the molecule is O=S(=O)(c1ccccc1Nc1nc(Cl)ncc1Cl)C1CC1. The first-order valence-corrected chi connectivity index (χ1v) is 8.56.